The Morgan fingerprint density at radius 3 is 2.53 bits per heavy atom. The molecule has 0 heterocycles. The molecule has 0 aliphatic heterocycles. The van der Waals surface area contributed by atoms with Gasteiger partial charge in [-0.25, -0.2) is 5.06 Å². The molecule has 2 rings (SSSR count). The molecule has 1 atom stereocenters. The fraction of sp³-hybridized carbons (Fsp3) is 0.500. The number of para-hydroxylation sites is 1. The molecule has 0 aromatic heterocycles. The Labute approximate surface area is 102 Å². The Morgan fingerprint density at radius 2 is 1.76 bits per heavy atom. The molecule has 0 amide bonds. The Hall–Kier alpha value is -1.35. The number of Topliss-reactive ketones (excluding diaryl/α,β-unsaturated/α-hetero) is 1. The fourth-order valence-electron chi connectivity index (χ4n) is 2.34. The summed E-state index contributed by atoms with van der Waals surface area (Å²) in [6, 6.07) is 8.92. The predicted octanol–water partition coefficient (Wildman–Crippen LogP) is 3.17. The highest BCUT2D eigenvalue weighted by Crippen LogP contribution is 2.22. The third-order valence-electron chi connectivity index (χ3n) is 3.34. The summed E-state index contributed by atoms with van der Waals surface area (Å²) in [4.78, 5) is 12.0. The van der Waals surface area contributed by atoms with Crippen LogP contribution in [0.3, 0.4) is 0 Å². The Kier molecular flexibility index (Phi) is 4.15. The van der Waals surface area contributed by atoms with Crippen LogP contribution in [-0.4, -0.2) is 17.0 Å². The number of nitrogens with zero attached hydrogens (tertiary/aromatic N) is 1. The molecule has 1 aromatic carbocycles. The minimum absolute atomic E-state index is 0.163. The Bertz CT molecular complexity index is 364. The number of ketones is 1. The molecule has 1 aromatic rings. The lowest BCUT2D eigenvalue weighted by Crippen LogP contribution is -2.39. The van der Waals surface area contributed by atoms with Gasteiger partial charge in [-0.3, -0.25) is 10.0 Å². The van der Waals surface area contributed by atoms with Gasteiger partial charge in [0.25, 0.3) is 0 Å². The van der Waals surface area contributed by atoms with Crippen molar-refractivity contribution in [1.29, 1.82) is 0 Å². The van der Waals surface area contributed by atoms with E-state index in [4.69, 9.17) is 0 Å². The van der Waals surface area contributed by atoms with Crippen molar-refractivity contribution in [2.24, 2.45) is 0 Å². The van der Waals surface area contributed by atoms with Crippen LogP contribution in [0.15, 0.2) is 30.3 Å². The first-order chi connectivity index (χ1) is 8.29. The number of anilines is 1. The summed E-state index contributed by atoms with van der Waals surface area (Å²) in [6.07, 6.45) is 5.61. The molecule has 0 bridgehead atoms. The van der Waals surface area contributed by atoms with Gasteiger partial charge in [0.1, 0.15) is 6.04 Å². The second kappa shape index (κ2) is 5.82. The molecule has 0 saturated heterocycles. The normalized spacial score (nSPS) is 21.7. The molecular formula is C14H19NO2. The van der Waals surface area contributed by atoms with Crippen LogP contribution in [0.5, 0.6) is 0 Å². The van der Waals surface area contributed by atoms with Gasteiger partial charge in [0.05, 0.1) is 5.69 Å². The standard InChI is InChI=1S/C14H19NO2/c16-14-11-7-2-1-6-10-13(14)15(17)12-8-4-3-5-9-12/h3-5,8-9,13,17H,1-2,6-7,10-11H2. The highest BCUT2D eigenvalue weighted by Gasteiger charge is 2.25. The van der Waals surface area contributed by atoms with Crippen LogP contribution in [0, 0.1) is 0 Å². The van der Waals surface area contributed by atoms with Crippen molar-refractivity contribution >= 4 is 11.5 Å². The van der Waals surface area contributed by atoms with Crippen LogP contribution in [0.25, 0.3) is 0 Å². The second-order valence-corrected chi connectivity index (χ2v) is 4.62. The summed E-state index contributed by atoms with van der Waals surface area (Å²) in [5.41, 5.74) is 0.700. The topological polar surface area (TPSA) is 40.5 Å². The number of hydroxylamine groups is 1. The molecular weight excluding hydrogens is 214 g/mol. The summed E-state index contributed by atoms with van der Waals surface area (Å²) in [5, 5.41) is 11.3. The van der Waals surface area contributed by atoms with E-state index in [0.29, 0.717) is 12.1 Å². The maximum atomic E-state index is 12.0. The molecule has 0 spiro atoms. The van der Waals surface area contributed by atoms with Gasteiger partial charge in [-0.05, 0) is 25.0 Å². The van der Waals surface area contributed by atoms with E-state index in [-0.39, 0.29) is 11.8 Å². The molecule has 92 valence electrons. The molecule has 17 heavy (non-hydrogen) atoms. The van der Waals surface area contributed by atoms with Crippen molar-refractivity contribution < 1.29 is 10.0 Å². The number of carbonyl (C=O) groups is 1. The Balaban J connectivity index is 2.10. The van der Waals surface area contributed by atoms with Crippen molar-refractivity contribution in [2.75, 3.05) is 5.06 Å². The average molecular weight is 233 g/mol. The van der Waals surface area contributed by atoms with Gasteiger partial charge in [-0.2, -0.15) is 0 Å². The van der Waals surface area contributed by atoms with Crippen molar-refractivity contribution in [3.8, 4) is 0 Å². The lowest BCUT2D eigenvalue weighted by Gasteiger charge is -2.28. The van der Waals surface area contributed by atoms with Crippen LogP contribution in [-0.2, 0) is 4.79 Å². The summed E-state index contributed by atoms with van der Waals surface area (Å²) >= 11 is 0. The average Bonchev–Trinajstić information content (AvgIpc) is 2.35. The summed E-state index contributed by atoms with van der Waals surface area (Å²) < 4.78 is 0. The van der Waals surface area contributed by atoms with Crippen molar-refractivity contribution in [3.05, 3.63) is 30.3 Å². The van der Waals surface area contributed by atoms with E-state index >= 15 is 0 Å². The minimum atomic E-state index is -0.363. The first-order valence-corrected chi connectivity index (χ1v) is 6.35. The largest absolute Gasteiger partial charge is 0.297 e. The second-order valence-electron chi connectivity index (χ2n) is 4.62. The molecule has 1 unspecified atom stereocenters. The van der Waals surface area contributed by atoms with Crippen LogP contribution in [0.2, 0.25) is 0 Å². The molecule has 1 fully saturated rings. The number of carbonyl (C=O) groups excluding carboxylic acids is 1. The van der Waals surface area contributed by atoms with E-state index in [1.54, 1.807) is 0 Å². The van der Waals surface area contributed by atoms with Crippen LogP contribution in [0.1, 0.15) is 38.5 Å². The summed E-state index contributed by atoms with van der Waals surface area (Å²) in [5.74, 6) is 0.163. The maximum Gasteiger partial charge on any atom is 0.157 e. The van der Waals surface area contributed by atoms with Crippen LogP contribution in [0.4, 0.5) is 5.69 Å². The SMILES string of the molecule is O=C1CCCCCCC1N(O)c1ccccc1. The van der Waals surface area contributed by atoms with Gasteiger partial charge in [0.2, 0.25) is 0 Å². The van der Waals surface area contributed by atoms with E-state index in [9.17, 15) is 10.0 Å². The number of rotatable bonds is 2. The molecule has 3 nitrogen and oxygen atoms in total. The Morgan fingerprint density at radius 1 is 1.06 bits per heavy atom. The smallest absolute Gasteiger partial charge is 0.157 e. The van der Waals surface area contributed by atoms with Crippen molar-refractivity contribution in [2.45, 2.75) is 44.6 Å². The van der Waals surface area contributed by atoms with E-state index in [0.717, 1.165) is 37.2 Å². The molecule has 0 radical (unpaired) electrons. The predicted molar refractivity (Wildman–Crippen MR) is 67.2 cm³/mol. The monoisotopic (exact) mass is 233 g/mol. The first-order valence-electron chi connectivity index (χ1n) is 6.35. The maximum absolute atomic E-state index is 12.0. The molecule has 1 aliphatic rings. The van der Waals surface area contributed by atoms with Gasteiger partial charge in [0, 0.05) is 6.42 Å². The zero-order valence-electron chi connectivity index (χ0n) is 10.0. The lowest BCUT2D eigenvalue weighted by atomic mass is 9.95. The summed E-state index contributed by atoms with van der Waals surface area (Å²) in [7, 11) is 0. The number of hydrogen-bond donors (Lipinski definition) is 1. The molecule has 3 heteroatoms. The third-order valence-corrected chi connectivity index (χ3v) is 3.34. The third kappa shape index (κ3) is 3.07. The van der Waals surface area contributed by atoms with E-state index < -0.39 is 0 Å². The zero-order valence-corrected chi connectivity index (χ0v) is 10.0. The first kappa shape index (κ1) is 12.1. The molecule has 1 N–H and O–H groups in total. The van der Waals surface area contributed by atoms with E-state index in [2.05, 4.69) is 0 Å². The van der Waals surface area contributed by atoms with Crippen molar-refractivity contribution in [1.82, 2.24) is 0 Å². The highest BCUT2D eigenvalue weighted by molar-refractivity contribution is 5.86. The van der Waals surface area contributed by atoms with Crippen LogP contribution >= 0.6 is 0 Å². The van der Waals surface area contributed by atoms with Gasteiger partial charge in [-0.15, -0.1) is 0 Å². The zero-order chi connectivity index (χ0) is 12.1. The highest BCUT2D eigenvalue weighted by atomic mass is 16.5. The fourth-order valence-corrected chi connectivity index (χ4v) is 2.34. The quantitative estimate of drug-likeness (QED) is 0.798. The van der Waals surface area contributed by atoms with Gasteiger partial charge in [-0.1, -0.05) is 37.5 Å². The lowest BCUT2D eigenvalue weighted by molar-refractivity contribution is -0.122. The minimum Gasteiger partial charge on any atom is -0.297 e. The molecule has 1 aliphatic carbocycles. The number of benzene rings is 1. The molecule has 1 saturated carbocycles. The van der Waals surface area contributed by atoms with Gasteiger partial charge in [0.15, 0.2) is 5.78 Å². The van der Waals surface area contributed by atoms with Crippen LogP contribution < -0.4 is 5.06 Å². The van der Waals surface area contributed by atoms with Gasteiger partial charge < -0.3 is 0 Å². The number of hydrogen-bond acceptors (Lipinski definition) is 3. The van der Waals surface area contributed by atoms with Crippen molar-refractivity contribution in [3.63, 3.8) is 0 Å². The summed E-state index contributed by atoms with van der Waals surface area (Å²) in [6.45, 7) is 0. The van der Waals surface area contributed by atoms with Gasteiger partial charge >= 0.3 is 0 Å². The van der Waals surface area contributed by atoms with E-state index in [1.807, 2.05) is 30.3 Å². The van der Waals surface area contributed by atoms with E-state index in [1.165, 1.54) is 0 Å².